The van der Waals surface area contributed by atoms with Gasteiger partial charge in [-0.05, 0) is 33.1 Å². The molecule has 0 unspecified atom stereocenters. The highest BCUT2D eigenvalue weighted by molar-refractivity contribution is 5.03. The highest BCUT2D eigenvalue weighted by Crippen LogP contribution is 2.28. The van der Waals surface area contributed by atoms with Gasteiger partial charge in [-0.25, -0.2) is 0 Å². The molecule has 2 atom stereocenters. The van der Waals surface area contributed by atoms with Crippen molar-refractivity contribution in [2.75, 3.05) is 6.61 Å². The van der Waals surface area contributed by atoms with Gasteiger partial charge in [0, 0.05) is 12.5 Å². The summed E-state index contributed by atoms with van der Waals surface area (Å²) >= 11 is 0. The zero-order chi connectivity index (χ0) is 11.4. The molecule has 0 saturated heterocycles. The number of nitrogens with zero attached hydrogens (tertiary/aromatic N) is 2. The van der Waals surface area contributed by atoms with E-state index in [1.165, 1.54) is 0 Å². The van der Waals surface area contributed by atoms with Crippen LogP contribution in [0.15, 0.2) is 16.7 Å². The standard InChI is InChI=1S/C12H18N2O2/c1-3-15-9(2)11-13-12(16-14-11)10-7-5-4-6-8-10/h4-5,9-10H,3,6-8H2,1-2H3/t9-,10+/m0/s1. The third-order valence-electron chi connectivity index (χ3n) is 2.86. The van der Waals surface area contributed by atoms with Gasteiger partial charge in [0.1, 0.15) is 6.10 Å². The number of ether oxygens (including phenoxy) is 1. The first-order valence-electron chi connectivity index (χ1n) is 5.91. The lowest BCUT2D eigenvalue weighted by Crippen LogP contribution is -2.04. The quantitative estimate of drug-likeness (QED) is 0.735. The van der Waals surface area contributed by atoms with Crippen LogP contribution < -0.4 is 0 Å². The first-order chi connectivity index (χ1) is 7.81. The second-order valence-corrected chi connectivity index (χ2v) is 4.07. The molecular formula is C12H18N2O2. The Labute approximate surface area is 95.7 Å². The van der Waals surface area contributed by atoms with Crippen LogP contribution in [0.5, 0.6) is 0 Å². The molecule has 1 aromatic heterocycles. The molecule has 0 bridgehead atoms. The second kappa shape index (κ2) is 5.25. The Morgan fingerprint density at radius 1 is 1.56 bits per heavy atom. The van der Waals surface area contributed by atoms with Crippen LogP contribution in [0.1, 0.15) is 56.8 Å². The van der Waals surface area contributed by atoms with Crippen molar-refractivity contribution < 1.29 is 9.26 Å². The van der Waals surface area contributed by atoms with E-state index in [0.717, 1.165) is 25.2 Å². The average Bonchev–Trinajstić information content (AvgIpc) is 2.80. The van der Waals surface area contributed by atoms with Gasteiger partial charge in [0.25, 0.3) is 0 Å². The molecule has 0 saturated carbocycles. The minimum Gasteiger partial charge on any atom is -0.371 e. The van der Waals surface area contributed by atoms with Gasteiger partial charge in [0.05, 0.1) is 0 Å². The molecule has 88 valence electrons. The zero-order valence-electron chi connectivity index (χ0n) is 9.85. The maximum Gasteiger partial charge on any atom is 0.230 e. The number of aromatic nitrogens is 2. The van der Waals surface area contributed by atoms with Crippen LogP contribution in [-0.2, 0) is 4.74 Å². The monoisotopic (exact) mass is 222 g/mol. The average molecular weight is 222 g/mol. The fourth-order valence-electron chi connectivity index (χ4n) is 1.92. The van der Waals surface area contributed by atoms with Gasteiger partial charge < -0.3 is 9.26 Å². The Morgan fingerprint density at radius 3 is 3.12 bits per heavy atom. The molecule has 0 radical (unpaired) electrons. The van der Waals surface area contributed by atoms with Crippen molar-refractivity contribution in [3.63, 3.8) is 0 Å². The molecule has 2 rings (SSSR count). The lowest BCUT2D eigenvalue weighted by atomic mass is 9.94. The lowest BCUT2D eigenvalue weighted by molar-refractivity contribution is 0.0683. The van der Waals surface area contributed by atoms with E-state index >= 15 is 0 Å². The van der Waals surface area contributed by atoms with E-state index in [1.807, 2.05) is 13.8 Å². The van der Waals surface area contributed by atoms with Crippen LogP contribution in [0, 0.1) is 0 Å². The van der Waals surface area contributed by atoms with E-state index in [0.29, 0.717) is 18.3 Å². The molecule has 0 N–H and O–H groups in total. The van der Waals surface area contributed by atoms with E-state index in [4.69, 9.17) is 9.26 Å². The van der Waals surface area contributed by atoms with E-state index < -0.39 is 0 Å². The van der Waals surface area contributed by atoms with Crippen LogP contribution in [-0.4, -0.2) is 16.7 Å². The number of hydrogen-bond donors (Lipinski definition) is 0. The van der Waals surface area contributed by atoms with Gasteiger partial charge in [0.15, 0.2) is 5.82 Å². The molecule has 4 heteroatoms. The maximum atomic E-state index is 5.43. The lowest BCUT2D eigenvalue weighted by Gasteiger charge is -2.12. The van der Waals surface area contributed by atoms with Crippen molar-refractivity contribution in [3.05, 3.63) is 23.9 Å². The van der Waals surface area contributed by atoms with Gasteiger partial charge >= 0.3 is 0 Å². The Hall–Kier alpha value is -1.16. The summed E-state index contributed by atoms with van der Waals surface area (Å²) in [7, 11) is 0. The maximum absolute atomic E-state index is 5.43. The molecule has 1 heterocycles. The molecule has 1 aromatic rings. The zero-order valence-corrected chi connectivity index (χ0v) is 9.85. The van der Waals surface area contributed by atoms with Gasteiger partial charge in [-0.2, -0.15) is 4.98 Å². The predicted octanol–water partition coefficient (Wildman–Crippen LogP) is 2.99. The van der Waals surface area contributed by atoms with Crippen LogP contribution in [0.25, 0.3) is 0 Å². The van der Waals surface area contributed by atoms with E-state index in [9.17, 15) is 0 Å². The van der Waals surface area contributed by atoms with Crippen molar-refractivity contribution >= 4 is 0 Å². The number of allylic oxidation sites excluding steroid dienone is 2. The fraction of sp³-hybridized carbons (Fsp3) is 0.667. The minimum absolute atomic E-state index is 0.0818. The first-order valence-corrected chi connectivity index (χ1v) is 5.91. The van der Waals surface area contributed by atoms with Gasteiger partial charge in [-0.3, -0.25) is 0 Å². The van der Waals surface area contributed by atoms with Crippen LogP contribution in [0.3, 0.4) is 0 Å². The largest absolute Gasteiger partial charge is 0.371 e. The summed E-state index contributed by atoms with van der Waals surface area (Å²) in [6, 6.07) is 0. The SMILES string of the molecule is CCO[C@@H](C)c1noc([C@@H]2CC=CCC2)n1. The number of rotatable bonds is 4. The molecule has 4 nitrogen and oxygen atoms in total. The van der Waals surface area contributed by atoms with Gasteiger partial charge in [-0.15, -0.1) is 0 Å². The number of hydrogen-bond acceptors (Lipinski definition) is 4. The summed E-state index contributed by atoms with van der Waals surface area (Å²) in [4.78, 5) is 4.42. The Morgan fingerprint density at radius 2 is 2.44 bits per heavy atom. The predicted molar refractivity (Wildman–Crippen MR) is 60.1 cm³/mol. The van der Waals surface area contributed by atoms with Gasteiger partial charge in [0.2, 0.25) is 5.89 Å². The minimum atomic E-state index is -0.0818. The van der Waals surface area contributed by atoms with Crippen molar-refractivity contribution in [2.45, 2.75) is 45.1 Å². The molecular weight excluding hydrogens is 204 g/mol. The van der Waals surface area contributed by atoms with Crippen molar-refractivity contribution in [2.24, 2.45) is 0 Å². The topological polar surface area (TPSA) is 48.2 Å². The van der Waals surface area contributed by atoms with Crippen molar-refractivity contribution in [3.8, 4) is 0 Å². The molecule has 1 aliphatic carbocycles. The molecule has 16 heavy (non-hydrogen) atoms. The summed E-state index contributed by atoms with van der Waals surface area (Å²) in [6.45, 7) is 4.57. The van der Waals surface area contributed by atoms with E-state index in [-0.39, 0.29) is 6.10 Å². The van der Waals surface area contributed by atoms with Crippen LogP contribution >= 0.6 is 0 Å². The third-order valence-corrected chi connectivity index (χ3v) is 2.86. The summed E-state index contributed by atoms with van der Waals surface area (Å²) in [5, 5.41) is 3.97. The summed E-state index contributed by atoms with van der Waals surface area (Å²) in [6.07, 6.45) is 7.51. The van der Waals surface area contributed by atoms with Crippen molar-refractivity contribution in [1.82, 2.24) is 10.1 Å². The Balaban J connectivity index is 2.03. The van der Waals surface area contributed by atoms with Crippen LogP contribution in [0.4, 0.5) is 0 Å². The summed E-state index contributed by atoms with van der Waals surface area (Å²) in [5.74, 6) is 1.80. The van der Waals surface area contributed by atoms with E-state index in [2.05, 4.69) is 22.3 Å². The molecule has 1 aliphatic rings. The highest BCUT2D eigenvalue weighted by Gasteiger charge is 2.21. The van der Waals surface area contributed by atoms with Crippen molar-refractivity contribution in [1.29, 1.82) is 0 Å². The molecule has 0 aliphatic heterocycles. The molecule has 0 spiro atoms. The van der Waals surface area contributed by atoms with Gasteiger partial charge in [-0.1, -0.05) is 17.3 Å². The smallest absolute Gasteiger partial charge is 0.230 e. The molecule has 0 amide bonds. The Bertz CT molecular complexity index is 360. The van der Waals surface area contributed by atoms with Crippen LogP contribution in [0.2, 0.25) is 0 Å². The fourth-order valence-corrected chi connectivity index (χ4v) is 1.92. The Kier molecular flexibility index (Phi) is 3.72. The molecule has 0 fully saturated rings. The summed E-state index contributed by atoms with van der Waals surface area (Å²) < 4.78 is 10.7. The second-order valence-electron chi connectivity index (χ2n) is 4.07. The molecule has 0 aromatic carbocycles. The summed E-state index contributed by atoms with van der Waals surface area (Å²) in [5.41, 5.74) is 0. The first kappa shape index (κ1) is 11.3. The third kappa shape index (κ3) is 2.50. The normalized spacial score (nSPS) is 22.2. The van der Waals surface area contributed by atoms with E-state index in [1.54, 1.807) is 0 Å². The highest BCUT2D eigenvalue weighted by atomic mass is 16.5.